The molecular weight excluding hydrogens is 357 g/mol. The van der Waals surface area contributed by atoms with Crippen LogP contribution in [0.15, 0.2) is 24.3 Å². The molecule has 0 aromatic heterocycles. The molecule has 0 radical (unpaired) electrons. The first-order valence-electron chi connectivity index (χ1n) is 8.92. The van der Waals surface area contributed by atoms with Crippen molar-refractivity contribution < 1.29 is 4.79 Å². The van der Waals surface area contributed by atoms with E-state index in [2.05, 4.69) is 34.5 Å². The van der Waals surface area contributed by atoms with Gasteiger partial charge in [0.25, 0.3) is 0 Å². The van der Waals surface area contributed by atoms with Crippen LogP contribution in [0.25, 0.3) is 0 Å². The summed E-state index contributed by atoms with van der Waals surface area (Å²) in [5.74, 6) is 0.116. The molecule has 1 aromatic carbocycles. The zero-order valence-corrected chi connectivity index (χ0v) is 16.6. The summed E-state index contributed by atoms with van der Waals surface area (Å²) in [5.41, 5.74) is 8.87. The lowest BCUT2D eigenvalue weighted by molar-refractivity contribution is -0.128. The Kier molecular flexibility index (Phi) is 8.69. The Morgan fingerprint density at radius 2 is 2.00 bits per heavy atom. The molecule has 25 heavy (non-hydrogen) atoms. The average Bonchev–Trinajstić information content (AvgIpc) is 2.54. The molecule has 142 valence electrons. The van der Waals surface area contributed by atoms with Crippen LogP contribution in [0, 0.1) is 5.92 Å². The molecule has 2 unspecified atom stereocenters. The molecule has 2 aliphatic rings. The van der Waals surface area contributed by atoms with Crippen LogP contribution in [0.5, 0.6) is 0 Å². The minimum absolute atomic E-state index is 0. The van der Waals surface area contributed by atoms with Crippen LogP contribution in [-0.2, 0) is 17.8 Å². The number of benzene rings is 1. The van der Waals surface area contributed by atoms with Gasteiger partial charge in [-0.15, -0.1) is 24.8 Å². The largest absolute Gasteiger partial charge is 0.355 e. The van der Waals surface area contributed by atoms with E-state index in [9.17, 15) is 4.79 Å². The van der Waals surface area contributed by atoms with Crippen LogP contribution >= 0.6 is 24.8 Å². The molecule has 0 saturated heterocycles. The Labute approximate surface area is 163 Å². The molecule has 1 amide bonds. The summed E-state index contributed by atoms with van der Waals surface area (Å²) in [7, 11) is 0. The third-order valence-electron chi connectivity index (χ3n) is 5.51. The summed E-state index contributed by atoms with van der Waals surface area (Å²) in [5, 5.41) is 3.12. The Balaban J connectivity index is 0.00000156. The number of carbonyl (C=O) groups is 1. The quantitative estimate of drug-likeness (QED) is 0.834. The zero-order chi connectivity index (χ0) is 16.3. The lowest BCUT2D eigenvalue weighted by atomic mass is 9.74. The second kappa shape index (κ2) is 9.77. The molecule has 1 aliphatic carbocycles. The van der Waals surface area contributed by atoms with E-state index >= 15 is 0 Å². The summed E-state index contributed by atoms with van der Waals surface area (Å²) >= 11 is 0. The Bertz CT molecular complexity index is 565. The third kappa shape index (κ3) is 5.58. The highest BCUT2D eigenvalue weighted by Crippen LogP contribution is 2.31. The molecule has 1 aliphatic heterocycles. The first-order chi connectivity index (χ1) is 11.1. The Morgan fingerprint density at radius 3 is 2.72 bits per heavy atom. The van der Waals surface area contributed by atoms with E-state index in [4.69, 9.17) is 5.73 Å². The fourth-order valence-corrected chi connectivity index (χ4v) is 3.99. The van der Waals surface area contributed by atoms with E-state index in [1.54, 1.807) is 0 Å². The number of hydrogen-bond donors (Lipinski definition) is 2. The van der Waals surface area contributed by atoms with Gasteiger partial charge in [0.15, 0.2) is 0 Å². The van der Waals surface area contributed by atoms with Crippen molar-refractivity contribution in [3.8, 4) is 0 Å². The SMILES string of the molecule is CC1(N)CCCCC1C(=O)NCCN1CCc2ccccc2C1.Cl.Cl. The standard InChI is InChI=1S/C19H29N3O.2ClH/c1-19(20)10-5-4-8-17(19)18(23)21-11-13-22-12-9-15-6-2-3-7-16(15)14-22;;/h2-3,6-7,17H,4-5,8-14,20H2,1H3,(H,21,23);2*1H. The zero-order valence-electron chi connectivity index (χ0n) is 15.0. The van der Waals surface area contributed by atoms with Gasteiger partial charge >= 0.3 is 0 Å². The predicted molar refractivity (Wildman–Crippen MR) is 107 cm³/mol. The molecular formula is C19H31Cl2N3O. The second-order valence-corrected chi connectivity index (χ2v) is 7.39. The Morgan fingerprint density at radius 1 is 1.28 bits per heavy atom. The Hall–Kier alpha value is -0.810. The molecule has 1 aromatic rings. The minimum atomic E-state index is -0.341. The highest BCUT2D eigenvalue weighted by Gasteiger charge is 2.37. The summed E-state index contributed by atoms with van der Waals surface area (Å²) < 4.78 is 0. The van der Waals surface area contributed by atoms with Gasteiger partial charge in [-0.3, -0.25) is 9.69 Å². The van der Waals surface area contributed by atoms with Gasteiger partial charge in [0, 0.05) is 31.7 Å². The lowest BCUT2D eigenvalue weighted by Crippen LogP contribution is -2.53. The number of hydrogen-bond acceptors (Lipinski definition) is 3. The summed E-state index contributed by atoms with van der Waals surface area (Å²) in [6, 6.07) is 8.65. The number of amides is 1. The molecule has 4 nitrogen and oxygen atoms in total. The topological polar surface area (TPSA) is 58.4 Å². The van der Waals surface area contributed by atoms with Crippen molar-refractivity contribution in [3.05, 3.63) is 35.4 Å². The molecule has 1 heterocycles. The number of fused-ring (bicyclic) bond motifs is 1. The van der Waals surface area contributed by atoms with Crippen LogP contribution in [0.4, 0.5) is 0 Å². The van der Waals surface area contributed by atoms with Crippen molar-refractivity contribution in [2.45, 2.75) is 51.1 Å². The van der Waals surface area contributed by atoms with Gasteiger partial charge < -0.3 is 11.1 Å². The fourth-order valence-electron chi connectivity index (χ4n) is 3.99. The van der Waals surface area contributed by atoms with E-state index in [0.717, 1.165) is 51.7 Å². The number of nitrogens with zero attached hydrogens (tertiary/aromatic N) is 1. The number of nitrogens with one attached hydrogen (secondary N) is 1. The van der Waals surface area contributed by atoms with Gasteiger partial charge in [-0.25, -0.2) is 0 Å². The maximum absolute atomic E-state index is 12.4. The molecule has 3 rings (SSSR count). The van der Waals surface area contributed by atoms with Gasteiger partial charge in [0.05, 0.1) is 5.92 Å². The first-order valence-corrected chi connectivity index (χ1v) is 8.92. The maximum Gasteiger partial charge on any atom is 0.225 e. The van der Waals surface area contributed by atoms with Crippen LogP contribution in [0.1, 0.15) is 43.7 Å². The van der Waals surface area contributed by atoms with Crippen molar-refractivity contribution in [3.63, 3.8) is 0 Å². The average molecular weight is 388 g/mol. The predicted octanol–water partition coefficient (Wildman–Crippen LogP) is 2.91. The fraction of sp³-hybridized carbons (Fsp3) is 0.632. The smallest absolute Gasteiger partial charge is 0.225 e. The second-order valence-electron chi connectivity index (χ2n) is 7.39. The highest BCUT2D eigenvalue weighted by molar-refractivity contribution is 5.85. The van der Waals surface area contributed by atoms with Crippen LogP contribution < -0.4 is 11.1 Å². The van der Waals surface area contributed by atoms with Crippen molar-refractivity contribution in [1.82, 2.24) is 10.2 Å². The van der Waals surface area contributed by atoms with Crippen molar-refractivity contribution in [1.29, 1.82) is 0 Å². The van der Waals surface area contributed by atoms with E-state index < -0.39 is 0 Å². The number of nitrogens with two attached hydrogens (primary N) is 1. The van der Waals surface area contributed by atoms with Crippen LogP contribution in [-0.4, -0.2) is 36.0 Å². The van der Waals surface area contributed by atoms with E-state index in [0.29, 0.717) is 6.54 Å². The first kappa shape index (κ1) is 22.2. The lowest BCUT2D eigenvalue weighted by Gasteiger charge is -2.37. The normalized spacial score (nSPS) is 25.9. The van der Waals surface area contributed by atoms with Gasteiger partial charge in [-0.1, -0.05) is 37.1 Å². The number of rotatable bonds is 4. The monoisotopic (exact) mass is 387 g/mol. The summed E-state index contributed by atoms with van der Waals surface area (Å²) in [6.45, 7) is 5.72. The molecule has 0 bridgehead atoms. The molecule has 1 fully saturated rings. The molecule has 0 spiro atoms. The van der Waals surface area contributed by atoms with E-state index in [-0.39, 0.29) is 42.2 Å². The summed E-state index contributed by atoms with van der Waals surface area (Å²) in [4.78, 5) is 14.9. The summed E-state index contributed by atoms with van der Waals surface area (Å²) in [6.07, 6.45) is 5.25. The maximum atomic E-state index is 12.4. The van der Waals surface area contributed by atoms with Crippen molar-refractivity contribution in [2.24, 2.45) is 11.7 Å². The molecule has 2 atom stereocenters. The van der Waals surface area contributed by atoms with Gasteiger partial charge in [0.1, 0.15) is 0 Å². The van der Waals surface area contributed by atoms with Crippen LogP contribution in [0.3, 0.4) is 0 Å². The van der Waals surface area contributed by atoms with Gasteiger partial charge in [-0.05, 0) is 37.3 Å². The number of halogens is 2. The van der Waals surface area contributed by atoms with Crippen molar-refractivity contribution >= 4 is 30.7 Å². The highest BCUT2D eigenvalue weighted by atomic mass is 35.5. The third-order valence-corrected chi connectivity index (χ3v) is 5.51. The van der Waals surface area contributed by atoms with Crippen LogP contribution in [0.2, 0.25) is 0 Å². The van der Waals surface area contributed by atoms with Gasteiger partial charge in [0.2, 0.25) is 5.91 Å². The van der Waals surface area contributed by atoms with E-state index in [1.165, 1.54) is 11.1 Å². The van der Waals surface area contributed by atoms with E-state index in [1.807, 2.05) is 6.92 Å². The molecule has 6 heteroatoms. The van der Waals surface area contributed by atoms with Gasteiger partial charge in [-0.2, -0.15) is 0 Å². The number of carbonyl (C=O) groups excluding carboxylic acids is 1. The molecule has 1 saturated carbocycles. The minimum Gasteiger partial charge on any atom is -0.355 e. The van der Waals surface area contributed by atoms with Crippen molar-refractivity contribution in [2.75, 3.05) is 19.6 Å². The molecule has 3 N–H and O–H groups in total.